The van der Waals surface area contributed by atoms with Gasteiger partial charge in [-0.05, 0) is 54.8 Å². The number of carbonyl (C=O) groups is 2. The maximum atomic E-state index is 13.6. The Hall–Kier alpha value is -3.67. The van der Waals surface area contributed by atoms with Crippen molar-refractivity contribution < 1.29 is 9.59 Å². The van der Waals surface area contributed by atoms with Crippen LogP contribution in [0.4, 0.5) is 11.4 Å². The van der Waals surface area contributed by atoms with E-state index in [1.807, 2.05) is 71.6 Å². The number of nitrogens with zero attached hydrogens (tertiary/aromatic N) is 2. The van der Waals surface area contributed by atoms with E-state index in [0.29, 0.717) is 18.7 Å². The van der Waals surface area contributed by atoms with Crippen LogP contribution in [0.5, 0.6) is 0 Å². The van der Waals surface area contributed by atoms with Crippen molar-refractivity contribution in [2.45, 2.75) is 32.4 Å². The fourth-order valence-corrected chi connectivity index (χ4v) is 3.98. The number of carbonyl (C=O) groups excluding carboxylic acids is 2. The standard InChI is InChI=1S/C25H26N4O2/c1-18(30)27-17-21-16-19(13-14-26-21)24-12-7-15-29(24)25(31)22-10-5-6-11-23(22)28-20-8-3-2-4-9-20/h2-6,8-11,13-14,16,24,28H,7,12,15,17H2,1H3,(H,27,30)/t24-/m1/s1. The van der Waals surface area contributed by atoms with Crippen molar-refractivity contribution in [1.29, 1.82) is 0 Å². The maximum Gasteiger partial charge on any atom is 0.256 e. The van der Waals surface area contributed by atoms with E-state index in [0.717, 1.165) is 35.5 Å². The number of nitrogens with one attached hydrogen (secondary N) is 2. The monoisotopic (exact) mass is 414 g/mol. The van der Waals surface area contributed by atoms with Crippen LogP contribution in [-0.4, -0.2) is 28.2 Å². The lowest BCUT2D eigenvalue weighted by atomic mass is 10.0. The average Bonchev–Trinajstić information content (AvgIpc) is 3.29. The molecule has 2 amide bonds. The van der Waals surface area contributed by atoms with Crippen molar-refractivity contribution in [2.75, 3.05) is 11.9 Å². The zero-order valence-corrected chi connectivity index (χ0v) is 17.5. The van der Waals surface area contributed by atoms with E-state index in [1.165, 1.54) is 6.92 Å². The Balaban J connectivity index is 1.57. The molecule has 1 fully saturated rings. The van der Waals surface area contributed by atoms with Crippen molar-refractivity contribution in [3.8, 4) is 0 Å². The minimum atomic E-state index is -0.0904. The molecule has 0 bridgehead atoms. The van der Waals surface area contributed by atoms with Crippen molar-refractivity contribution in [3.63, 3.8) is 0 Å². The van der Waals surface area contributed by atoms with Gasteiger partial charge in [-0.15, -0.1) is 0 Å². The van der Waals surface area contributed by atoms with Crippen molar-refractivity contribution in [2.24, 2.45) is 0 Å². The lowest BCUT2D eigenvalue weighted by Gasteiger charge is -2.26. The fourth-order valence-electron chi connectivity index (χ4n) is 3.98. The Labute approximate surface area is 182 Å². The summed E-state index contributed by atoms with van der Waals surface area (Å²) in [5.41, 5.74) is 4.24. The number of rotatable bonds is 6. The van der Waals surface area contributed by atoms with Crippen LogP contribution in [0.1, 0.15) is 47.4 Å². The molecule has 0 radical (unpaired) electrons. The van der Waals surface area contributed by atoms with Crippen LogP contribution in [0.2, 0.25) is 0 Å². The third kappa shape index (κ3) is 4.91. The van der Waals surface area contributed by atoms with E-state index < -0.39 is 0 Å². The van der Waals surface area contributed by atoms with Crippen molar-refractivity contribution >= 4 is 23.2 Å². The Morgan fingerprint density at radius 2 is 1.84 bits per heavy atom. The topological polar surface area (TPSA) is 74.3 Å². The summed E-state index contributed by atoms with van der Waals surface area (Å²) in [6, 6.07) is 21.4. The Kier molecular flexibility index (Phi) is 6.26. The van der Waals surface area contributed by atoms with Gasteiger partial charge in [-0.3, -0.25) is 14.6 Å². The lowest BCUT2D eigenvalue weighted by molar-refractivity contribution is -0.119. The molecule has 1 aliphatic heterocycles. The molecular weight excluding hydrogens is 388 g/mol. The minimum absolute atomic E-state index is 0.00337. The maximum absolute atomic E-state index is 13.6. The molecule has 6 nitrogen and oxygen atoms in total. The molecular formula is C25H26N4O2. The van der Waals surface area contributed by atoms with Gasteiger partial charge in [0.05, 0.1) is 29.5 Å². The highest BCUT2D eigenvalue weighted by molar-refractivity contribution is 6.00. The number of anilines is 2. The predicted octanol–water partition coefficient (Wildman–Crippen LogP) is 4.44. The van der Waals surface area contributed by atoms with Gasteiger partial charge in [-0.25, -0.2) is 0 Å². The normalized spacial score (nSPS) is 15.5. The summed E-state index contributed by atoms with van der Waals surface area (Å²) < 4.78 is 0. The number of para-hydroxylation sites is 2. The number of likely N-dealkylation sites (tertiary alicyclic amines) is 1. The third-order valence-corrected chi connectivity index (χ3v) is 5.47. The van der Waals surface area contributed by atoms with E-state index >= 15 is 0 Å². The molecule has 2 aromatic carbocycles. The first-order valence-electron chi connectivity index (χ1n) is 10.5. The second kappa shape index (κ2) is 9.43. The van der Waals surface area contributed by atoms with Crippen LogP contribution in [-0.2, 0) is 11.3 Å². The number of aromatic nitrogens is 1. The summed E-state index contributed by atoms with van der Waals surface area (Å²) in [6.07, 6.45) is 3.61. The molecule has 158 valence electrons. The quantitative estimate of drug-likeness (QED) is 0.625. The Morgan fingerprint density at radius 1 is 1.06 bits per heavy atom. The van der Waals surface area contributed by atoms with E-state index in [-0.39, 0.29) is 17.9 Å². The lowest BCUT2D eigenvalue weighted by Crippen LogP contribution is -2.31. The molecule has 31 heavy (non-hydrogen) atoms. The second-order valence-electron chi connectivity index (χ2n) is 7.68. The molecule has 0 saturated carbocycles. The van der Waals surface area contributed by atoms with E-state index in [4.69, 9.17) is 0 Å². The van der Waals surface area contributed by atoms with Crippen LogP contribution in [0.25, 0.3) is 0 Å². The molecule has 3 aromatic rings. The van der Waals surface area contributed by atoms with E-state index in [1.54, 1.807) is 6.20 Å². The molecule has 1 aromatic heterocycles. The Morgan fingerprint density at radius 3 is 2.65 bits per heavy atom. The fraction of sp³-hybridized carbons (Fsp3) is 0.240. The molecule has 0 unspecified atom stereocenters. The predicted molar refractivity (Wildman–Crippen MR) is 121 cm³/mol. The minimum Gasteiger partial charge on any atom is -0.355 e. The number of hydrogen-bond acceptors (Lipinski definition) is 4. The molecule has 0 aliphatic carbocycles. The second-order valence-corrected chi connectivity index (χ2v) is 7.68. The van der Waals surface area contributed by atoms with Gasteiger partial charge in [-0.2, -0.15) is 0 Å². The van der Waals surface area contributed by atoms with Gasteiger partial charge < -0.3 is 15.5 Å². The summed E-state index contributed by atoms with van der Waals surface area (Å²) in [5.74, 6) is -0.0749. The first-order valence-corrected chi connectivity index (χ1v) is 10.5. The summed E-state index contributed by atoms with van der Waals surface area (Å²) in [5, 5.41) is 6.15. The molecule has 6 heteroatoms. The van der Waals surface area contributed by atoms with Gasteiger partial charge in [0.25, 0.3) is 5.91 Å². The third-order valence-electron chi connectivity index (χ3n) is 5.47. The molecule has 2 N–H and O–H groups in total. The Bertz CT molecular complexity index is 1070. The summed E-state index contributed by atoms with van der Waals surface area (Å²) in [7, 11) is 0. The number of pyridine rings is 1. The molecule has 4 rings (SSSR count). The van der Waals surface area contributed by atoms with Crippen molar-refractivity contribution in [1.82, 2.24) is 15.2 Å². The summed E-state index contributed by atoms with van der Waals surface area (Å²) in [6.45, 7) is 2.59. The molecule has 2 heterocycles. The SMILES string of the molecule is CC(=O)NCc1cc([C@H]2CCCN2C(=O)c2ccccc2Nc2ccccc2)ccn1. The van der Waals surface area contributed by atoms with Crippen LogP contribution < -0.4 is 10.6 Å². The van der Waals surface area contributed by atoms with Gasteiger partial charge in [0, 0.05) is 25.4 Å². The van der Waals surface area contributed by atoms with E-state index in [9.17, 15) is 9.59 Å². The zero-order valence-electron chi connectivity index (χ0n) is 17.5. The molecule has 1 atom stereocenters. The largest absolute Gasteiger partial charge is 0.355 e. The summed E-state index contributed by atoms with van der Waals surface area (Å²) in [4.78, 5) is 31.1. The highest BCUT2D eigenvalue weighted by Gasteiger charge is 2.31. The number of hydrogen-bond donors (Lipinski definition) is 2. The molecule has 0 spiro atoms. The number of amides is 2. The van der Waals surface area contributed by atoms with Gasteiger partial charge in [-0.1, -0.05) is 30.3 Å². The average molecular weight is 415 g/mol. The smallest absolute Gasteiger partial charge is 0.256 e. The first kappa shape index (κ1) is 20.6. The summed E-state index contributed by atoms with van der Waals surface area (Å²) >= 11 is 0. The molecule has 1 saturated heterocycles. The van der Waals surface area contributed by atoms with Gasteiger partial charge in [0.15, 0.2) is 0 Å². The van der Waals surface area contributed by atoms with E-state index in [2.05, 4.69) is 15.6 Å². The molecule has 1 aliphatic rings. The highest BCUT2D eigenvalue weighted by Crippen LogP contribution is 2.34. The van der Waals surface area contributed by atoms with Crippen LogP contribution in [0.15, 0.2) is 72.9 Å². The zero-order chi connectivity index (χ0) is 21.6. The van der Waals surface area contributed by atoms with Gasteiger partial charge >= 0.3 is 0 Å². The highest BCUT2D eigenvalue weighted by atomic mass is 16.2. The van der Waals surface area contributed by atoms with Gasteiger partial charge in [0.1, 0.15) is 0 Å². The van der Waals surface area contributed by atoms with Crippen LogP contribution in [0, 0.1) is 0 Å². The first-order chi connectivity index (χ1) is 15.1. The van der Waals surface area contributed by atoms with Crippen LogP contribution in [0.3, 0.4) is 0 Å². The number of benzene rings is 2. The van der Waals surface area contributed by atoms with Crippen molar-refractivity contribution in [3.05, 3.63) is 89.7 Å². The van der Waals surface area contributed by atoms with Crippen LogP contribution >= 0.6 is 0 Å². The van der Waals surface area contributed by atoms with Gasteiger partial charge in [0.2, 0.25) is 5.91 Å².